The molecule has 0 aromatic heterocycles. The van der Waals surface area contributed by atoms with Crippen molar-refractivity contribution in [3.8, 4) is 5.75 Å². The molecule has 0 aliphatic carbocycles. The number of sulfonamides is 1. The summed E-state index contributed by atoms with van der Waals surface area (Å²) in [5.74, 6) is -0.478. The van der Waals surface area contributed by atoms with Crippen molar-refractivity contribution in [3.05, 3.63) is 83.7 Å². The summed E-state index contributed by atoms with van der Waals surface area (Å²) < 4.78 is 46.4. The summed E-state index contributed by atoms with van der Waals surface area (Å²) in [6.07, 6.45) is 0. The average Bonchev–Trinajstić information content (AvgIpc) is 2.72. The molecule has 3 aromatic carbocycles. The van der Waals surface area contributed by atoms with Crippen molar-refractivity contribution in [2.45, 2.75) is 25.7 Å². The van der Waals surface area contributed by atoms with Gasteiger partial charge >= 0.3 is 0 Å². The number of ether oxygens (including phenoxy) is 1. The molecule has 0 saturated heterocycles. The third kappa shape index (κ3) is 5.64. The van der Waals surface area contributed by atoms with Gasteiger partial charge in [-0.25, -0.2) is 12.8 Å². The van der Waals surface area contributed by atoms with Crippen molar-refractivity contribution in [2.75, 3.05) is 22.8 Å². The van der Waals surface area contributed by atoms with Gasteiger partial charge in [0.15, 0.2) is 0 Å². The maximum absolute atomic E-state index is 13.3. The first-order chi connectivity index (χ1) is 15.2. The van der Waals surface area contributed by atoms with Gasteiger partial charge in [-0.3, -0.25) is 9.10 Å². The van der Waals surface area contributed by atoms with E-state index >= 15 is 0 Å². The Labute approximate surface area is 187 Å². The summed E-state index contributed by atoms with van der Waals surface area (Å²) in [4.78, 5) is 12.7. The van der Waals surface area contributed by atoms with Gasteiger partial charge in [-0.1, -0.05) is 6.07 Å². The van der Waals surface area contributed by atoms with E-state index in [1.807, 2.05) is 26.8 Å². The van der Waals surface area contributed by atoms with E-state index < -0.39 is 28.3 Å². The van der Waals surface area contributed by atoms with Crippen LogP contribution in [0, 0.1) is 19.7 Å². The number of amides is 1. The first-order valence-electron chi connectivity index (χ1n) is 10.1. The third-order valence-corrected chi connectivity index (χ3v) is 6.42. The van der Waals surface area contributed by atoms with E-state index in [1.165, 1.54) is 12.1 Å². The Morgan fingerprint density at radius 1 is 0.969 bits per heavy atom. The molecule has 0 radical (unpaired) electrons. The van der Waals surface area contributed by atoms with Crippen LogP contribution in [-0.2, 0) is 14.8 Å². The zero-order valence-corrected chi connectivity index (χ0v) is 18.9. The summed E-state index contributed by atoms with van der Waals surface area (Å²) in [6.45, 7) is 5.67. The Hall–Kier alpha value is -3.39. The van der Waals surface area contributed by atoms with Crippen molar-refractivity contribution in [1.29, 1.82) is 0 Å². The van der Waals surface area contributed by atoms with E-state index in [2.05, 4.69) is 5.32 Å². The standard InChI is InChI=1S/C24H25FN2O4S/c1-4-31-22-9-7-21(8-10-22)27(32(29,30)23-11-5-19(25)6-12-23)16-24(28)26-20-14-17(2)13-18(3)15-20/h5-15H,4,16H2,1-3H3,(H,26,28). The van der Waals surface area contributed by atoms with E-state index in [0.717, 1.165) is 27.6 Å². The van der Waals surface area contributed by atoms with Gasteiger partial charge in [-0.2, -0.15) is 0 Å². The lowest BCUT2D eigenvalue weighted by molar-refractivity contribution is -0.114. The molecule has 0 heterocycles. The minimum Gasteiger partial charge on any atom is -0.494 e. The number of anilines is 2. The number of nitrogens with zero attached hydrogens (tertiary/aromatic N) is 1. The van der Waals surface area contributed by atoms with Gasteiger partial charge in [-0.05, 0) is 92.6 Å². The van der Waals surface area contributed by atoms with Crippen LogP contribution >= 0.6 is 0 Å². The molecule has 0 unspecified atom stereocenters. The molecule has 1 N–H and O–H groups in total. The maximum atomic E-state index is 13.3. The number of halogens is 1. The number of hydrogen-bond donors (Lipinski definition) is 1. The minimum atomic E-state index is -4.13. The van der Waals surface area contributed by atoms with Crippen LogP contribution in [0.2, 0.25) is 0 Å². The summed E-state index contributed by atoms with van der Waals surface area (Å²) in [7, 11) is -4.13. The second kappa shape index (κ2) is 9.82. The number of benzene rings is 3. The molecule has 0 aliphatic rings. The molecule has 168 valence electrons. The van der Waals surface area contributed by atoms with Gasteiger partial charge < -0.3 is 10.1 Å². The monoisotopic (exact) mass is 456 g/mol. The number of rotatable bonds is 8. The van der Waals surface area contributed by atoms with Crippen LogP contribution in [-0.4, -0.2) is 27.5 Å². The number of carbonyl (C=O) groups is 1. The van der Waals surface area contributed by atoms with E-state index in [1.54, 1.807) is 36.4 Å². The predicted molar refractivity (Wildman–Crippen MR) is 123 cm³/mol. The number of hydrogen-bond acceptors (Lipinski definition) is 4. The molecule has 1 amide bonds. The van der Waals surface area contributed by atoms with Crippen LogP contribution in [0.4, 0.5) is 15.8 Å². The number of nitrogens with one attached hydrogen (secondary N) is 1. The Morgan fingerprint density at radius 2 is 1.56 bits per heavy atom. The summed E-state index contributed by atoms with van der Waals surface area (Å²) in [5.41, 5.74) is 2.82. The van der Waals surface area contributed by atoms with Crippen LogP contribution in [0.5, 0.6) is 5.75 Å². The zero-order chi connectivity index (χ0) is 23.3. The predicted octanol–water partition coefficient (Wildman–Crippen LogP) is 4.68. The fourth-order valence-corrected chi connectivity index (χ4v) is 4.72. The summed E-state index contributed by atoms with van der Waals surface area (Å²) >= 11 is 0. The first-order valence-corrected chi connectivity index (χ1v) is 11.5. The summed E-state index contributed by atoms with van der Waals surface area (Å²) in [5, 5.41) is 2.76. The fourth-order valence-electron chi connectivity index (χ4n) is 3.30. The molecule has 0 saturated carbocycles. The molecule has 0 aliphatic heterocycles. The average molecular weight is 457 g/mol. The van der Waals surface area contributed by atoms with E-state index in [9.17, 15) is 17.6 Å². The van der Waals surface area contributed by atoms with Crippen molar-refractivity contribution in [2.24, 2.45) is 0 Å². The van der Waals surface area contributed by atoms with Crippen LogP contribution in [0.15, 0.2) is 71.6 Å². The number of carbonyl (C=O) groups excluding carboxylic acids is 1. The fraction of sp³-hybridized carbons (Fsp3) is 0.208. The Kier molecular flexibility index (Phi) is 7.15. The lowest BCUT2D eigenvalue weighted by atomic mass is 10.1. The smallest absolute Gasteiger partial charge is 0.264 e. The molecule has 32 heavy (non-hydrogen) atoms. The molecular weight excluding hydrogens is 431 g/mol. The first kappa shape index (κ1) is 23.3. The van der Waals surface area contributed by atoms with Gasteiger partial charge in [0.1, 0.15) is 18.1 Å². The minimum absolute atomic E-state index is 0.119. The molecular formula is C24H25FN2O4S. The van der Waals surface area contributed by atoms with Gasteiger partial charge in [0.2, 0.25) is 5.91 Å². The molecule has 6 nitrogen and oxygen atoms in total. The highest BCUT2D eigenvalue weighted by Crippen LogP contribution is 2.26. The van der Waals surface area contributed by atoms with Crippen LogP contribution < -0.4 is 14.4 Å². The normalized spacial score (nSPS) is 11.1. The van der Waals surface area contributed by atoms with Crippen molar-refractivity contribution in [3.63, 3.8) is 0 Å². The van der Waals surface area contributed by atoms with Gasteiger partial charge in [0.05, 0.1) is 17.2 Å². The molecule has 3 rings (SSSR count). The maximum Gasteiger partial charge on any atom is 0.264 e. The lowest BCUT2D eigenvalue weighted by Crippen LogP contribution is -2.38. The second-order valence-electron chi connectivity index (χ2n) is 7.32. The Balaban J connectivity index is 1.94. The largest absolute Gasteiger partial charge is 0.494 e. The van der Waals surface area contributed by atoms with Crippen LogP contribution in [0.1, 0.15) is 18.1 Å². The Bertz CT molecular complexity index is 1170. The van der Waals surface area contributed by atoms with E-state index in [-0.39, 0.29) is 10.6 Å². The Morgan fingerprint density at radius 3 is 2.12 bits per heavy atom. The van der Waals surface area contributed by atoms with Crippen molar-refractivity contribution < 1.29 is 22.3 Å². The summed E-state index contributed by atoms with van der Waals surface area (Å²) in [6, 6.07) is 16.5. The van der Waals surface area contributed by atoms with Gasteiger partial charge in [-0.15, -0.1) is 0 Å². The molecule has 0 atom stereocenters. The lowest BCUT2D eigenvalue weighted by Gasteiger charge is -2.24. The van der Waals surface area contributed by atoms with Crippen LogP contribution in [0.3, 0.4) is 0 Å². The van der Waals surface area contributed by atoms with Gasteiger partial charge in [0, 0.05) is 5.69 Å². The van der Waals surface area contributed by atoms with E-state index in [4.69, 9.17) is 4.74 Å². The van der Waals surface area contributed by atoms with Gasteiger partial charge in [0.25, 0.3) is 10.0 Å². The quantitative estimate of drug-likeness (QED) is 0.534. The zero-order valence-electron chi connectivity index (χ0n) is 18.1. The third-order valence-electron chi connectivity index (χ3n) is 4.63. The highest BCUT2D eigenvalue weighted by atomic mass is 32.2. The highest BCUT2D eigenvalue weighted by Gasteiger charge is 2.27. The number of aryl methyl sites for hydroxylation is 2. The highest BCUT2D eigenvalue weighted by molar-refractivity contribution is 7.92. The van der Waals surface area contributed by atoms with Crippen LogP contribution in [0.25, 0.3) is 0 Å². The topological polar surface area (TPSA) is 75.7 Å². The van der Waals surface area contributed by atoms with Crippen molar-refractivity contribution in [1.82, 2.24) is 0 Å². The molecule has 0 fully saturated rings. The molecule has 8 heteroatoms. The molecule has 0 spiro atoms. The molecule has 3 aromatic rings. The SMILES string of the molecule is CCOc1ccc(N(CC(=O)Nc2cc(C)cc(C)c2)S(=O)(=O)c2ccc(F)cc2)cc1. The molecule has 0 bridgehead atoms. The van der Waals surface area contributed by atoms with E-state index in [0.29, 0.717) is 18.0 Å². The van der Waals surface area contributed by atoms with Crippen molar-refractivity contribution >= 4 is 27.3 Å². The second-order valence-corrected chi connectivity index (χ2v) is 9.18.